The lowest BCUT2D eigenvalue weighted by Gasteiger charge is -2.16. The van der Waals surface area contributed by atoms with Crippen LogP contribution in [-0.4, -0.2) is 48.2 Å². The first-order valence-corrected chi connectivity index (χ1v) is 9.39. The van der Waals surface area contributed by atoms with Gasteiger partial charge in [0.1, 0.15) is 0 Å². The van der Waals surface area contributed by atoms with E-state index in [1.165, 1.54) is 4.90 Å². The molecule has 3 amide bonds. The summed E-state index contributed by atoms with van der Waals surface area (Å²) in [5.41, 5.74) is 3.06. The number of amides is 3. The third kappa shape index (κ3) is 4.76. The van der Waals surface area contributed by atoms with Crippen LogP contribution in [0, 0.1) is 0 Å². The van der Waals surface area contributed by atoms with Crippen LogP contribution in [-0.2, 0) is 17.9 Å². The van der Waals surface area contributed by atoms with E-state index in [9.17, 15) is 14.4 Å². The Morgan fingerprint density at radius 1 is 1.04 bits per heavy atom. The zero-order chi connectivity index (χ0) is 20.1. The van der Waals surface area contributed by atoms with Gasteiger partial charge >= 0.3 is 0 Å². The minimum atomic E-state index is -0.164. The molecule has 1 aliphatic rings. The van der Waals surface area contributed by atoms with Gasteiger partial charge < -0.3 is 15.1 Å². The van der Waals surface area contributed by atoms with Gasteiger partial charge in [-0.05, 0) is 41.8 Å². The van der Waals surface area contributed by atoms with Crippen LogP contribution in [0.2, 0.25) is 0 Å². The van der Waals surface area contributed by atoms with E-state index < -0.39 is 0 Å². The monoisotopic (exact) mass is 379 g/mol. The van der Waals surface area contributed by atoms with E-state index in [0.717, 1.165) is 24.1 Å². The highest BCUT2D eigenvalue weighted by Crippen LogP contribution is 2.15. The van der Waals surface area contributed by atoms with Gasteiger partial charge in [-0.15, -0.1) is 0 Å². The summed E-state index contributed by atoms with van der Waals surface area (Å²) in [5.74, 6) is -0.0435. The van der Waals surface area contributed by atoms with Crippen LogP contribution in [0.25, 0.3) is 0 Å². The zero-order valence-electron chi connectivity index (χ0n) is 16.3. The van der Waals surface area contributed by atoms with Crippen molar-refractivity contribution in [1.29, 1.82) is 0 Å². The van der Waals surface area contributed by atoms with Crippen LogP contribution < -0.4 is 5.32 Å². The van der Waals surface area contributed by atoms with Gasteiger partial charge in [-0.1, -0.05) is 24.3 Å². The van der Waals surface area contributed by atoms with Crippen LogP contribution in [0.5, 0.6) is 0 Å². The summed E-state index contributed by atoms with van der Waals surface area (Å²) in [6, 6.07) is 14.6. The quantitative estimate of drug-likeness (QED) is 0.838. The van der Waals surface area contributed by atoms with E-state index in [1.54, 1.807) is 32.3 Å². The van der Waals surface area contributed by atoms with E-state index in [4.69, 9.17) is 0 Å². The molecule has 3 rings (SSSR count). The molecule has 6 nitrogen and oxygen atoms in total. The second-order valence-electron chi connectivity index (χ2n) is 7.20. The Labute approximate surface area is 165 Å². The average molecular weight is 379 g/mol. The van der Waals surface area contributed by atoms with Crippen LogP contribution >= 0.6 is 0 Å². The Morgan fingerprint density at radius 2 is 1.79 bits per heavy atom. The van der Waals surface area contributed by atoms with E-state index in [-0.39, 0.29) is 17.7 Å². The molecule has 0 bridgehead atoms. The van der Waals surface area contributed by atoms with Crippen LogP contribution in [0.4, 0.5) is 0 Å². The molecule has 1 saturated heterocycles. The number of nitrogens with one attached hydrogen (secondary N) is 1. The summed E-state index contributed by atoms with van der Waals surface area (Å²) >= 11 is 0. The summed E-state index contributed by atoms with van der Waals surface area (Å²) < 4.78 is 0. The lowest BCUT2D eigenvalue weighted by molar-refractivity contribution is -0.128. The first-order chi connectivity index (χ1) is 13.4. The molecule has 2 aromatic carbocycles. The minimum absolute atomic E-state index is 0.0520. The standard InChI is InChI=1S/C22H25N3O3/c1-24(2)22(28)18-10-8-16(9-11-18)14-23-21(27)19-6-3-5-17(13-19)15-25-12-4-7-20(25)26/h3,5-6,8-11,13H,4,7,12,14-15H2,1-2H3,(H,23,27). The molecule has 2 aromatic rings. The second kappa shape index (κ2) is 8.69. The van der Waals surface area contributed by atoms with Crippen molar-refractivity contribution in [3.63, 3.8) is 0 Å². The number of hydrogen-bond donors (Lipinski definition) is 1. The predicted octanol–water partition coefficient (Wildman–Crippen LogP) is 2.44. The Morgan fingerprint density at radius 3 is 2.43 bits per heavy atom. The fourth-order valence-electron chi connectivity index (χ4n) is 3.21. The van der Waals surface area contributed by atoms with Crippen molar-refractivity contribution in [2.75, 3.05) is 20.6 Å². The number of benzene rings is 2. The molecule has 6 heteroatoms. The lowest BCUT2D eigenvalue weighted by Crippen LogP contribution is -2.25. The molecule has 1 N–H and O–H groups in total. The van der Waals surface area contributed by atoms with Crippen molar-refractivity contribution < 1.29 is 14.4 Å². The van der Waals surface area contributed by atoms with E-state index in [0.29, 0.717) is 30.6 Å². The topological polar surface area (TPSA) is 69.7 Å². The summed E-state index contributed by atoms with van der Waals surface area (Å²) in [5, 5.41) is 2.90. The van der Waals surface area contributed by atoms with Gasteiger partial charge in [0.15, 0.2) is 0 Å². The Kier molecular flexibility index (Phi) is 6.09. The Hall–Kier alpha value is -3.15. The predicted molar refractivity (Wildman–Crippen MR) is 107 cm³/mol. The largest absolute Gasteiger partial charge is 0.348 e. The molecular formula is C22H25N3O3. The highest BCUT2D eigenvalue weighted by atomic mass is 16.2. The van der Waals surface area contributed by atoms with Crippen molar-refractivity contribution in [3.05, 3.63) is 70.8 Å². The molecule has 1 aliphatic heterocycles. The van der Waals surface area contributed by atoms with Crippen molar-refractivity contribution in [2.24, 2.45) is 0 Å². The number of rotatable bonds is 6. The summed E-state index contributed by atoms with van der Waals surface area (Å²) in [4.78, 5) is 39.5. The van der Waals surface area contributed by atoms with Gasteiger partial charge in [0.25, 0.3) is 11.8 Å². The molecule has 28 heavy (non-hydrogen) atoms. The molecule has 1 heterocycles. The van der Waals surface area contributed by atoms with Crippen molar-refractivity contribution in [2.45, 2.75) is 25.9 Å². The third-order valence-electron chi connectivity index (χ3n) is 4.79. The number of carbonyl (C=O) groups excluding carboxylic acids is 3. The van der Waals surface area contributed by atoms with E-state index in [2.05, 4.69) is 5.32 Å². The molecule has 0 aromatic heterocycles. The first-order valence-electron chi connectivity index (χ1n) is 9.39. The van der Waals surface area contributed by atoms with Crippen LogP contribution in [0.15, 0.2) is 48.5 Å². The number of likely N-dealkylation sites (tertiary alicyclic amines) is 1. The number of hydrogen-bond acceptors (Lipinski definition) is 3. The lowest BCUT2D eigenvalue weighted by atomic mass is 10.1. The first kappa shape index (κ1) is 19.6. The van der Waals surface area contributed by atoms with Crippen molar-refractivity contribution >= 4 is 17.7 Å². The zero-order valence-corrected chi connectivity index (χ0v) is 16.3. The van der Waals surface area contributed by atoms with Crippen LogP contribution in [0.3, 0.4) is 0 Å². The fraction of sp³-hybridized carbons (Fsp3) is 0.318. The highest BCUT2D eigenvalue weighted by molar-refractivity contribution is 5.95. The normalized spacial score (nSPS) is 13.5. The number of nitrogens with zero attached hydrogens (tertiary/aromatic N) is 2. The maximum atomic E-state index is 12.5. The number of carbonyl (C=O) groups is 3. The van der Waals surface area contributed by atoms with Gasteiger partial charge in [0, 0.05) is 51.3 Å². The second-order valence-corrected chi connectivity index (χ2v) is 7.20. The third-order valence-corrected chi connectivity index (χ3v) is 4.79. The molecular weight excluding hydrogens is 354 g/mol. The van der Waals surface area contributed by atoms with Gasteiger partial charge in [0.05, 0.1) is 0 Å². The van der Waals surface area contributed by atoms with Crippen molar-refractivity contribution in [1.82, 2.24) is 15.1 Å². The summed E-state index contributed by atoms with van der Waals surface area (Å²) in [6.45, 7) is 1.70. The average Bonchev–Trinajstić information content (AvgIpc) is 3.10. The molecule has 0 unspecified atom stereocenters. The van der Waals surface area contributed by atoms with Gasteiger partial charge in [0.2, 0.25) is 5.91 Å². The van der Waals surface area contributed by atoms with E-state index >= 15 is 0 Å². The maximum absolute atomic E-state index is 12.5. The molecule has 1 fully saturated rings. The minimum Gasteiger partial charge on any atom is -0.348 e. The molecule has 0 aliphatic carbocycles. The Bertz CT molecular complexity index is 875. The van der Waals surface area contributed by atoms with E-state index in [1.807, 2.05) is 35.2 Å². The van der Waals surface area contributed by atoms with Crippen molar-refractivity contribution in [3.8, 4) is 0 Å². The van der Waals surface area contributed by atoms with Crippen LogP contribution in [0.1, 0.15) is 44.7 Å². The van der Waals surface area contributed by atoms with Gasteiger partial charge in [-0.25, -0.2) is 0 Å². The molecule has 146 valence electrons. The van der Waals surface area contributed by atoms with Gasteiger partial charge in [-0.3, -0.25) is 14.4 Å². The molecule has 0 radical (unpaired) electrons. The molecule has 0 atom stereocenters. The SMILES string of the molecule is CN(C)C(=O)c1ccc(CNC(=O)c2cccc(CN3CCCC3=O)c2)cc1. The molecule has 0 saturated carbocycles. The summed E-state index contributed by atoms with van der Waals surface area (Å²) in [7, 11) is 3.43. The smallest absolute Gasteiger partial charge is 0.253 e. The van der Waals surface area contributed by atoms with Gasteiger partial charge in [-0.2, -0.15) is 0 Å². The fourth-order valence-corrected chi connectivity index (χ4v) is 3.21. The maximum Gasteiger partial charge on any atom is 0.253 e. The summed E-state index contributed by atoms with van der Waals surface area (Å²) in [6.07, 6.45) is 1.51. The molecule has 0 spiro atoms. The Balaban J connectivity index is 1.58. The highest BCUT2D eigenvalue weighted by Gasteiger charge is 2.20.